The van der Waals surface area contributed by atoms with Gasteiger partial charge in [0.1, 0.15) is 0 Å². The summed E-state index contributed by atoms with van der Waals surface area (Å²) in [5.74, 6) is 0.836. The fourth-order valence-electron chi connectivity index (χ4n) is 2.26. The topological polar surface area (TPSA) is 30.0 Å². The van der Waals surface area contributed by atoms with Crippen LogP contribution in [0.5, 0.6) is 0 Å². The molecule has 0 atom stereocenters. The van der Waals surface area contributed by atoms with Crippen molar-refractivity contribution in [3.8, 4) is 0 Å². The van der Waals surface area contributed by atoms with E-state index in [1.54, 1.807) is 12.4 Å². The van der Waals surface area contributed by atoms with Gasteiger partial charge in [-0.3, -0.25) is 9.78 Å². The minimum Gasteiger partial charge on any atom is -0.293 e. The van der Waals surface area contributed by atoms with Crippen LogP contribution in [0.2, 0.25) is 0 Å². The quantitative estimate of drug-likeness (QED) is 0.763. The first-order chi connectivity index (χ1) is 8.27. The zero-order chi connectivity index (χ0) is 12.1. The molecule has 2 rings (SSSR count). The third kappa shape index (κ3) is 3.56. The highest BCUT2D eigenvalue weighted by molar-refractivity contribution is 8.00. The van der Waals surface area contributed by atoms with Gasteiger partial charge in [0.25, 0.3) is 0 Å². The Morgan fingerprint density at radius 2 is 2.18 bits per heavy atom. The first-order valence-electron chi connectivity index (χ1n) is 6.33. The molecule has 0 unspecified atom stereocenters. The second kappa shape index (κ2) is 6.20. The normalized spacial score (nSPS) is 17.0. The van der Waals surface area contributed by atoms with Crippen molar-refractivity contribution >= 4 is 17.5 Å². The predicted octanol–water partition coefficient (Wildman–Crippen LogP) is 3.64. The van der Waals surface area contributed by atoms with Gasteiger partial charge in [-0.05, 0) is 31.4 Å². The Kier molecular flexibility index (Phi) is 4.60. The first kappa shape index (κ1) is 12.6. The van der Waals surface area contributed by atoms with Gasteiger partial charge in [0.05, 0.1) is 5.75 Å². The lowest BCUT2D eigenvalue weighted by atomic mass is 10.0. The Labute approximate surface area is 107 Å². The molecule has 0 radical (unpaired) electrons. The molecule has 92 valence electrons. The summed E-state index contributed by atoms with van der Waals surface area (Å²) < 4.78 is 0. The number of carbonyl (C=O) groups excluding carboxylic acids is 1. The largest absolute Gasteiger partial charge is 0.293 e. The number of aromatic nitrogens is 1. The predicted molar refractivity (Wildman–Crippen MR) is 72.6 cm³/mol. The van der Waals surface area contributed by atoms with Crippen molar-refractivity contribution < 1.29 is 4.79 Å². The molecule has 0 saturated heterocycles. The van der Waals surface area contributed by atoms with Crippen molar-refractivity contribution in [2.75, 3.05) is 5.75 Å². The summed E-state index contributed by atoms with van der Waals surface area (Å²) >= 11 is 1.83. The summed E-state index contributed by atoms with van der Waals surface area (Å²) in [6.07, 6.45) is 10.0. The monoisotopic (exact) mass is 249 g/mol. The fourth-order valence-corrected chi connectivity index (χ4v) is 3.47. The Morgan fingerprint density at radius 1 is 1.41 bits per heavy atom. The van der Waals surface area contributed by atoms with Crippen molar-refractivity contribution in [3.05, 3.63) is 29.6 Å². The molecule has 1 fully saturated rings. The van der Waals surface area contributed by atoms with Crippen LogP contribution in [0.1, 0.15) is 48.0 Å². The van der Waals surface area contributed by atoms with Crippen LogP contribution in [0.25, 0.3) is 0 Å². The van der Waals surface area contributed by atoms with E-state index < -0.39 is 0 Å². The smallest absolute Gasteiger partial charge is 0.174 e. The molecule has 1 aromatic rings. The van der Waals surface area contributed by atoms with Crippen molar-refractivity contribution in [2.45, 2.75) is 44.3 Å². The molecule has 1 saturated carbocycles. The van der Waals surface area contributed by atoms with Gasteiger partial charge in [0.2, 0.25) is 0 Å². The van der Waals surface area contributed by atoms with Gasteiger partial charge in [0, 0.05) is 23.2 Å². The molecule has 1 heterocycles. The van der Waals surface area contributed by atoms with Gasteiger partial charge >= 0.3 is 0 Å². The Balaban J connectivity index is 1.87. The van der Waals surface area contributed by atoms with Crippen molar-refractivity contribution in [1.29, 1.82) is 0 Å². The second-order valence-electron chi connectivity index (χ2n) is 4.68. The molecular formula is C14H19NOS. The summed E-state index contributed by atoms with van der Waals surface area (Å²) in [5.41, 5.74) is 1.82. The molecule has 0 spiro atoms. The fraction of sp³-hybridized carbons (Fsp3) is 0.571. The summed E-state index contributed by atoms with van der Waals surface area (Å²) in [5, 5.41) is 0.699. The number of rotatable bonds is 4. The van der Waals surface area contributed by atoms with Crippen LogP contribution in [0.4, 0.5) is 0 Å². The summed E-state index contributed by atoms with van der Waals surface area (Å²) in [4.78, 5) is 16.1. The molecule has 17 heavy (non-hydrogen) atoms. The molecule has 0 aliphatic heterocycles. The van der Waals surface area contributed by atoms with Gasteiger partial charge < -0.3 is 0 Å². The van der Waals surface area contributed by atoms with Crippen molar-refractivity contribution in [3.63, 3.8) is 0 Å². The molecule has 3 heteroatoms. The highest BCUT2D eigenvalue weighted by Gasteiger charge is 2.16. The lowest BCUT2D eigenvalue weighted by molar-refractivity contribution is 0.102. The molecule has 0 amide bonds. The van der Waals surface area contributed by atoms with Crippen molar-refractivity contribution in [1.82, 2.24) is 4.98 Å². The maximum Gasteiger partial charge on any atom is 0.174 e. The molecule has 0 N–H and O–H groups in total. The van der Waals surface area contributed by atoms with E-state index in [2.05, 4.69) is 4.98 Å². The number of nitrogens with zero attached hydrogens (tertiary/aromatic N) is 1. The van der Waals surface area contributed by atoms with Gasteiger partial charge in [-0.25, -0.2) is 0 Å². The molecule has 0 aromatic carbocycles. The number of hydrogen-bond donors (Lipinski definition) is 0. The molecule has 1 aliphatic carbocycles. The zero-order valence-electron chi connectivity index (χ0n) is 10.3. The molecule has 0 bridgehead atoms. The van der Waals surface area contributed by atoms with Gasteiger partial charge in [-0.15, -0.1) is 0 Å². The van der Waals surface area contributed by atoms with Crippen LogP contribution in [0.15, 0.2) is 18.5 Å². The average Bonchev–Trinajstić information content (AvgIpc) is 2.38. The lowest BCUT2D eigenvalue weighted by Crippen LogP contribution is -2.13. The Morgan fingerprint density at radius 3 is 2.88 bits per heavy atom. The van der Waals surface area contributed by atoms with E-state index in [1.807, 2.05) is 24.8 Å². The van der Waals surface area contributed by atoms with Crippen LogP contribution in [-0.2, 0) is 0 Å². The van der Waals surface area contributed by atoms with E-state index in [9.17, 15) is 4.79 Å². The van der Waals surface area contributed by atoms with Gasteiger partial charge in [-0.2, -0.15) is 11.8 Å². The summed E-state index contributed by atoms with van der Waals surface area (Å²) in [6, 6.07) is 1.90. The van der Waals surface area contributed by atoms with E-state index in [1.165, 1.54) is 32.1 Å². The number of thioether (sulfide) groups is 1. The molecule has 1 aliphatic rings. The number of carbonyl (C=O) groups is 1. The molecule has 1 aromatic heterocycles. The minimum absolute atomic E-state index is 0.228. The number of aryl methyl sites for hydroxylation is 1. The third-order valence-electron chi connectivity index (χ3n) is 3.34. The maximum atomic E-state index is 12.0. The highest BCUT2D eigenvalue weighted by atomic mass is 32.2. The zero-order valence-corrected chi connectivity index (χ0v) is 11.1. The lowest BCUT2D eigenvalue weighted by Gasteiger charge is -2.20. The molecular weight excluding hydrogens is 230 g/mol. The number of Topliss-reactive ketones (excluding diaryl/α,β-unsaturated/α-hetero) is 1. The number of hydrogen-bond acceptors (Lipinski definition) is 3. The minimum atomic E-state index is 0.228. The highest BCUT2D eigenvalue weighted by Crippen LogP contribution is 2.28. The average molecular weight is 249 g/mol. The Bertz CT molecular complexity index is 386. The maximum absolute atomic E-state index is 12.0. The van der Waals surface area contributed by atoms with E-state index in [-0.39, 0.29) is 5.78 Å². The SMILES string of the molecule is Cc1ccncc1C(=O)CSC1CCCCC1. The van der Waals surface area contributed by atoms with Crippen LogP contribution in [0, 0.1) is 6.92 Å². The first-order valence-corrected chi connectivity index (χ1v) is 7.37. The number of ketones is 1. The summed E-state index contributed by atoms with van der Waals surface area (Å²) in [6.45, 7) is 1.97. The Hall–Kier alpha value is -0.830. The van der Waals surface area contributed by atoms with Crippen LogP contribution in [0.3, 0.4) is 0 Å². The van der Waals surface area contributed by atoms with Gasteiger partial charge in [-0.1, -0.05) is 19.3 Å². The van der Waals surface area contributed by atoms with Crippen LogP contribution < -0.4 is 0 Å². The van der Waals surface area contributed by atoms with Crippen molar-refractivity contribution in [2.24, 2.45) is 0 Å². The summed E-state index contributed by atoms with van der Waals surface area (Å²) in [7, 11) is 0. The second-order valence-corrected chi connectivity index (χ2v) is 5.97. The third-order valence-corrected chi connectivity index (χ3v) is 4.71. The standard InChI is InChI=1S/C14H19NOS/c1-11-7-8-15-9-13(11)14(16)10-17-12-5-3-2-4-6-12/h7-9,12H,2-6,10H2,1H3. The van der Waals surface area contributed by atoms with Crippen LogP contribution in [-0.4, -0.2) is 21.8 Å². The number of pyridine rings is 1. The van der Waals surface area contributed by atoms with Crippen LogP contribution >= 0.6 is 11.8 Å². The van der Waals surface area contributed by atoms with E-state index in [0.717, 1.165) is 11.1 Å². The van der Waals surface area contributed by atoms with E-state index >= 15 is 0 Å². The van der Waals surface area contributed by atoms with E-state index in [0.29, 0.717) is 11.0 Å². The van der Waals surface area contributed by atoms with E-state index in [4.69, 9.17) is 0 Å². The van der Waals surface area contributed by atoms with Gasteiger partial charge in [0.15, 0.2) is 5.78 Å². The molecule has 2 nitrogen and oxygen atoms in total.